The highest BCUT2D eigenvalue weighted by atomic mass is 16.5. The van der Waals surface area contributed by atoms with E-state index in [-0.39, 0.29) is 11.9 Å². The lowest BCUT2D eigenvalue weighted by Crippen LogP contribution is -2.49. The number of methoxy groups -OCH3 is 1. The molecule has 2 heterocycles. The van der Waals surface area contributed by atoms with Crippen LogP contribution in [0.5, 0.6) is 5.75 Å². The number of amides is 1. The van der Waals surface area contributed by atoms with E-state index >= 15 is 0 Å². The van der Waals surface area contributed by atoms with Crippen LogP contribution in [0, 0.1) is 25.2 Å². The van der Waals surface area contributed by atoms with Crippen LogP contribution in [0.25, 0.3) is 10.9 Å². The molecule has 2 aromatic carbocycles. The van der Waals surface area contributed by atoms with Crippen molar-refractivity contribution in [2.45, 2.75) is 19.9 Å². The van der Waals surface area contributed by atoms with Gasteiger partial charge in [0, 0.05) is 31.6 Å². The van der Waals surface area contributed by atoms with Crippen molar-refractivity contribution in [3.8, 4) is 11.8 Å². The van der Waals surface area contributed by atoms with Crippen LogP contribution < -0.4 is 4.74 Å². The van der Waals surface area contributed by atoms with Gasteiger partial charge in [0.25, 0.3) is 5.91 Å². The molecule has 1 aliphatic rings. The van der Waals surface area contributed by atoms with Crippen molar-refractivity contribution in [1.29, 1.82) is 5.26 Å². The van der Waals surface area contributed by atoms with Crippen LogP contribution >= 0.6 is 0 Å². The van der Waals surface area contributed by atoms with Crippen LogP contribution in [0.1, 0.15) is 33.2 Å². The first kappa shape index (κ1) is 20.8. The molecule has 0 aliphatic carbocycles. The minimum absolute atomic E-state index is 0.00557. The molecule has 6 nitrogen and oxygen atoms in total. The topological polar surface area (TPSA) is 69.5 Å². The maximum Gasteiger partial charge on any atom is 0.255 e. The number of rotatable bonds is 4. The lowest BCUT2D eigenvalue weighted by Gasteiger charge is -2.37. The van der Waals surface area contributed by atoms with Crippen LogP contribution in [0.2, 0.25) is 0 Å². The third kappa shape index (κ3) is 4.23. The summed E-state index contributed by atoms with van der Waals surface area (Å²) in [5, 5.41) is 10.7. The Balaban J connectivity index is 1.48. The molecule has 6 heteroatoms. The SMILES string of the molecule is COc1ccc(C(C#N)N2CCN(C(=O)c3cc4cc(C)ccc4nc3C)CC2)cc1. The van der Waals surface area contributed by atoms with E-state index in [2.05, 4.69) is 22.0 Å². The summed E-state index contributed by atoms with van der Waals surface area (Å²) < 4.78 is 5.21. The number of fused-ring (bicyclic) bond motifs is 1. The maximum atomic E-state index is 13.2. The number of hydrogen-bond acceptors (Lipinski definition) is 5. The summed E-state index contributed by atoms with van der Waals surface area (Å²) in [6.07, 6.45) is 0. The van der Waals surface area contributed by atoms with Gasteiger partial charge in [-0.1, -0.05) is 23.8 Å². The van der Waals surface area contributed by atoms with Gasteiger partial charge in [0.1, 0.15) is 11.8 Å². The standard InChI is InChI=1S/C25H26N4O2/c1-17-4-9-23-20(14-17)15-22(18(2)27-23)25(30)29-12-10-28(11-13-29)24(16-26)19-5-7-21(31-3)8-6-19/h4-9,14-15,24H,10-13H2,1-3H3. The summed E-state index contributed by atoms with van der Waals surface area (Å²) in [4.78, 5) is 21.8. The van der Waals surface area contributed by atoms with E-state index in [4.69, 9.17) is 4.74 Å². The van der Waals surface area contributed by atoms with Crippen LogP contribution in [-0.2, 0) is 0 Å². The molecule has 3 aromatic rings. The predicted molar refractivity (Wildman–Crippen MR) is 120 cm³/mol. The fourth-order valence-corrected chi connectivity index (χ4v) is 4.12. The number of aromatic nitrogens is 1. The molecule has 1 unspecified atom stereocenters. The zero-order valence-electron chi connectivity index (χ0n) is 18.1. The zero-order chi connectivity index (χ0) is 22.0. The largest absolute Gasteiger partial charge is 0.497 e. The molecule has 31 heavy (non-hydrogen) atoms. The van der Waals surface area contributed by atoms with E-state index in [0.29, 0.717) is 31.7 Å². The molecule has 1 saturated heterocycles. The van der Waals surface area contributed by atoms with E-state index < -0.39 is 0 Å². The summed E-state index contributed by atoms with van der Waals surface area (Å²) >= 11 is 0. The zero-order valence-corrected chi connectivity index (χ0v) is 18.1. The van der Waals surface area contributed by atoms with Crippen LogP contribution in [-0.4, -0.2) is 54.0 Å². The van der Waals surface area contributed by atoms with E-state index in [1.807, 2.05) is 61.2 Å². The van der Waals surface area contributed by atoms with Gasteiger partial charge >= 0.3 is 0 Å². The van der Waals surface area contributed by atoms with Crippen molar-refractivity contribution in [2.24, 2.45) is 0 Å². The van der Waals surface area contributed by atoms with Crippen molar-refractivity contribution < 1.29 is 9.53 Å². The first-order valence-corrected chi connectivity index (χ1v) is 10.4. The van der Waals surface area contributed by atoms with Crippen LogP contribution in [0.3, 0.4) is 0 Å². The van der Waals surface area contributed by atoms with Crippen molar-refractivity contribution in [3.63, 3.8) is 0 Å². The van der Waals surface area contributed by atoms with Gasteiger partial charge in [-0.15, -0.1) is 0 Å². The Morgan fingerprint density at radius 1 is 1.06 bits per heavy atom. The second-order valence-corrected chi connectivity index (χ2v) is 7.95. The summed E-state index contributed by atoms with van der Waals surface area (Å²) in [7, 11) is 1.63. The molecule has 0 saturated carbocycles. The van der Waals surface area contributed by atoms with Gasteiger partial charge in [-0.05, 0) is 49.7 Å². The number of nitrogens with zero attached hydrogens (tertiary/aromatic N) is 4. The molecule has 0 spiro atoms. The van der Waals surface area contributed by atoms with Gasteiger partial charge < -0.3 is 9.64 Å². The molecule has 4 rings (SSSR count). The number of benzene rings is 2. The van der Waals surface area contributed by atoms with E-state index in [9.17, 15) is 10.1 Å². The molecular weight excluding hydrogens is 388 g/mol. The average Bonchev–Trinajstić information content (AvgIpc) is 2.80. The molecule has 0 N–H and O–H groups in total. The fraction of sp³-hybridized carbons (Fsp3) is 0.320. The van der Waals surface area contributed by atoms with Crippen molar-refractivity contribution in [3.05, 3.63) is 70.9 Å². The Kier molecular flexibility index (Phi) is 5.88. The average molecular weight is 415 g/mol. The first-order chi connectivity index (χ1) is 15.0. The highest BCUT2D eigenvalue weighted by molar-refractivity contribution is 5.98. The third-order valence-electron chi connectivity index (χ3n) is 5.91. The van der Waals surface area contributed by atoms with Gasteiger partial charge in [-0.2, -0.15) is 5.26 Å². The number of pyridine rings is 1. The number of hydrogen-bond donors (Lipinski definition) is 0. The van der Waals surface area contributed by atoms with Crippen molar-refractivity contribution >= 4 is 16.8 Å². The highest BCUT2D eigenvalue weighted by Gasteiger charge is 2.28. The number of carbonyl (C=O) groups is 1. The van der Waals surface area contributed by atoms with Crippen LogP contribution in [0.15, 0.2) is 48.5 Å². The van der Waals surface area contributed by atoms with Gasteiger partial charge in [0.05, 0.1) is 30.0 Å². The summed E-state index contributed by atoms with van der Waals surface area (Å²) in [6.45, 7) is 6.38. The molecule has 158 valence electrons. The molecule has 0 bridgehead atoms. The van der Waals surface area contributed by atoms with Gasteiger partial charge in [0.15, 0.2) is 0 Å². The lowest BCUT2D eigenvalue weighted by atomic mass is 10.0. The Hall–Kier alpha value is -3.43. The van der Waals surface area contributed by atoms with E-state index in [1.165, 1.54) is 0 Å². The Bertz CT molecular complexity index is 1140. The second kappa shape index (κ2) is 8.75. The summed E-state index contributed by atoms with van der Waals surface area (Å²) in [5.41, 5.74) is 4.38. The minimum Gasteiger partial charge on any atom is -0.497 e. The molecule has 1 atom stereocenters. The summed E-state index contributed by atoms with van der Waals surface area (Å²) in [5.74, 6) is 0.774. The van der Waals surface area contributed by atoms with Crippen LogP contribution in [0.4, 0.5) is 0 Å². The number of carbonyl (C=O) groups excluding carboxylic acids is 1. The Labute approximate surface area is 182 Å². The predicted octanol–water partition coefficient (Wildman–Crippen LogP) is 3.88. The second-order valence-electron chi connectivity index (χ2n) is 7.95. The molecular formula is C25H26N4O2. The molecule has 1 amide bonds. The first-order valence-electron chi connectivity index (χ1n) is 10.4. The molecule has 0 radical (unpaired) electrons. The lowest BCUT2D eigenvalue weighted by molar-refractivity contribution is 0.0605. The monoisotopic (exact) mass is 414 g/mol. The number of aryl methyl sites for hydroxylation is 2. The van der Waals surface area contributed by atoms with E-state index in [0.717, 1.165) is 33.5 Å². The normalized spacial score (nSPS) is 15.5. The van der Waals surface area contributed by atoms with Crippen molar-refractivity contribution in [1.82, 2.24) is 14.8 Å². The molecule has 1 fully saturated rings. The highest BCUT2D eigenvalue weighted by Crippen LogP contribution is 2.25. The number of ether oxygens (including phenoxy) is 1. The maximum absolute atomic E-state index is 13.2. The quantitative estimate of drug-likeness (QED) is 0.648. The number of piperazine rings is 1. The minimum atomic E-state index is -0.338. The smallest absolute Gasteiger partial charge is 0.255 e. The van der Waals surface area contributed by atoms with Gasteiger partial charge in [0.2, 0.25) is 0 Å². The molecule has 1 aromatic heterocycles. The summed E-state index contributed by atoms with van der Waals surface area (Å²) in [6, 6.07) is 17.7. The fourth-order valence-electron chi connectivity index (χ4n) is 4.12. The van der Waals surface area contributed by atoms with E-state index in [1.54, 1.807) is 7.11 Å². The Morgan fingerprint density at radius 2 is 1.77 bits per heavy atom. The Morgan fingerprint density at radius 3 is 2.42 bits per heavy atom. The molecule has 1 aliphatic heterocycles. The van der Waals surface area contributed by atoms with Gasteiger partial charge in [-0.3, -0.25) is 14.7 Å². The van der Waals surface area contributed by atoms with Gasteiger partial charge in [-0.25, -0.2) is 0 Å². The third-order valence-corrected chi connectivity index (χ3v) is 5.91. The van der Waals surface area contributed by atoms with Crippen molar-refractivity contribution in [2.75, 3.05) is 33.3 Å². The number of nitriles is 1.